The summed E-state index contributed by atoms with van der Waals surface area (Å²) < 4.78 is 0. The fourth-order valence-corrected chi connectivity index (χ4v) is 3.14. The van der Waals surface area contributed by atoms with Crippen molar-refractivity contribution in [1.29, 1.82) is 0 Å². The molecular formula is C20H25NO2. The minimum atomic E-state index is -0.426. The van der Waals surface area contributed by atoms with Crippen LogP contribution in [0.5, 0.6) is 5.75 Å². The molecule has 2 aromatic rings. The van der Waals surface area contributed by atoms with Crippen LogP contribution in [0.3, 0.4) is 0 Å². The van der Waals surface area contributed by atoms with Gasteiger partial charge in [0.1, 0.15) is 5.75 Å². The summed E-state index contributed by atoms with van der Waals surface area (Å²) in [5.74, 6) is 0.342. The number of aliphatic hydroxyl groups is 1. The van der Waals surface area contributed by atoms with Crippen molar-refractivity contribution in [2.24, 2.45) is 5.41 Å². The van der Waals surface area contributed by atoms with Crippen LogP contribution in [0.15, 0.2) is 42.5 Å². The van der Waals surface area contributed by atoms with Gasteiger partial charge >= 0.3 is 0 Å². The van der Waals surface area contributed by atoms with Crippen LogP contribution in [0.4, 0.5) is 0 Å². The summed E-state index contributed by atoms with van der Waals surface area (Å²) in [6.45, 7) is 5.44. The van der Waals surface area contributed by atoms with E-state index in [2.05, 4.69) is 12.2 Å². The van der Waals surface area contributed by atoms with Crippen molar-refractivity contribution >= 4 is 0 Å². The van der Waals surface area contributed by atoms with Crippen LogP contribution in [0.2, 0.25) is 0 Å². The van der Waals surface area contributed by atoms with Crippen LogP contribution in [-0.2, 0) is 6.54 Å². The van der Waals surface area contributed by atoms with Crippen molar-refractivity contribution in [2.45, 2.75) is 39.3 Å². The number of hydrogen-bond acceptors (Lipinski definition) is 3. The first kappa shape index (κ1) is 16.0. The van der Waals surface area contributed by atoms with E-state index in [9.17, 15) is 10.2 Å². The Bertz CT molecular complexity index is 678. The molecule has 0 heterocycles. The molecular weight excluding hydrogens is 286 g/mol. The van der Waals surface area contributed by atoms with E-state index in [0.29, 0.717) is 12.3 Å². The second-order valence-corrected chi connectivity index (χ2v) is 6.84. The van der Waals surface area contributed by atoms with Crippen molar-refractivity contribution < 1.29 is 10.2 Å². The smallest absolute Gasteiger partial charge is 0.120 e. The van der Waals surface area contributed by atoms with Crippen molar-refractivity contribution in [1.82, 2.24) is 5.32 Å². The third-order valence-electron chi connectivity index (χ3n) is 5.08. The molecule has 1 aliphatic carbocycles. The Morgan fingerprint density at radius 2 is 1.74 bits per heavy atom. The van der Waals surface area contributed by atoms with Gasteiger partial charge in [0.2, 0.25) is 0 Å². The van der Waals surface area contributed by atoms with Crippen LogP contribution in [0.25, 0.3) is 0 Å². The van der Waals surface area contributed by atoms with Gasteiger partial charge in [0.05, 0.1) is 6.10 Å². The second kappa shape index (κ2) is 6.34. The van der Waals surface area contributed by atoms with Crippen LogP contribution < -0.4 is 5.32 Å². The molecule has 0 bridgehead atoms. The van der Waals surface area contributed by atoms with Gasteiger partial charge in [-0.15, -0.1) is 0 Å². The van der Waals surface area contributed by atoms with E-state index in [4.69, 9.17) is 0 Å². The number of nitrogens with one attached hydrogen (secondary N) is 1. The maximum atomic E-state index is 10.7. The Morgan fingerprint density at radius 3 is 2.39 bits per heavy atom. The molecule has 1 aliphatic rings. The fraction of sp³-hybridized carbons (Fsp3) is 0.400. The lowest BCUT2D eigenvalue weighted by Gasteiger charge is -2.23. The maximum absolute atomic E-state index is 10.7. The quantitative estimate of drug-likeness (QED) is 0.764. The Hall–Kier alpha value is -1.84. The van der Waals surface area contributed by atoms with E-state index in [0.717, 1.165) is 36.1 Å². The number of aromatic hydroxyl groups is 1. The summed E-state index contributed by atoms with van der Waals surface area (Å²) in [6, 6.07) is 13.7. The van der Waals surface area contributed by atoms with Crippen LogP contribution in [0, 0.1) is 19.3 Å². The minimum Gasteiger partial charge on any atom is -0.508 e. The van der Waals surface area contributed by atoms with Crippen LogP contribution >= 0.6 is 0 Å². The molecule has 23 heavy (non-hydrogen) atoms. The topological polar surface area (TPSA) is 52.5 Å². The fourth-order valence-electron chi connectivity index (χ4n) is 3.14. The highest BCUT2D eigenvalue weighted by Crippen LogP contribution is 2.54. The van der Waals surface area contributed by atoms with E-state index in [1.165, 1.54) is 5.56 Å². The van der Waals surface area contributed by atoms with Gasteiger partial charge in [0.15, 0.2) is 0 Å². The van der Waals surface area contributed by atoms with Crippen molar-refractivity contribution in [3.8, 4) is 5.75 Å². The zero-order valence-corrected chi connectivity index (χ0v) is 13.8. The largest absolute Gasteiger partial charge is 0.508 e. The lowest BCUT2D eigenvalue weighted by atomic mass is 9.92. The summed E-state index contributed by atoms with van der Waals surface area (Å²) in [6.07, 6.45) is 1.65. The van der Waals surface area contributed by atoms with Crippen molar-refractivity contribution in [2.75, 3.05) is 6.54 Å². The normalized spacial score (nSPS) is 17.0. The second-order valence-electron chi connectivity index (χ2n) is 6.84. The molecule has 3 N–H and O–H groups in total. The van der Waals surface area contributed by atoms with Crippen molar-refractivity contribution in [3.63, 3.8) is 0 Å². The molecule has 1 fully saturated rings. The lowest BCUT2D eigenvalue weighted by Crippen LogP contribution is -2.28. The summed E-state index contributed by atoms with van der Waals surface area (Å²) in [4.78, 5) is 0. The van der Waals surface area contributed by atoms with Gasteiger partial charge in [0, 0.05) is 24.1 Å². The monoisotopic (exact) mass is 311 g/mol. The molecule has 1 unspecified atom stereocenters. The molecule has 1 saturated carbocycles. The van der Waals surface area contributed by atoms with E-state index in [1.54, 1.807) is 0 Å². The minimum absolute atomic E-state index is 0.0588. The van der Waals surface area contributed by atoms with Gasteiger partial charge in [-0.1, -0.05) is 36.4 Å². The molecule has 3 nitrogen and oxygen atoms in total. The molecule has 122 valence electrons. The molecule has 0 aromatic heterocycles. The summed E-state index contributed by atoms with van der Waals surface area (Å²) in [5.41, 5.74) is 4.13. The van der Waals surface area contributed by atoms with Crippen LogP contribution in [-0.4, -0.2) is 16.8 Å². The van der Waals surface area contributed by atoms with E-state index >= 15 is 0 Å². The van der Waals surface area contributed by atoms with E-state index in [-0.39, 0.29) is 5.41 Å². The summed E-state index contributed by atoms with van der Waals surface area (Å²) in [7, 11) is 0. The Morgan fingerprint density at radius 1 is 1.09 bits per heavy atom. The molecule has 0 radical (unpaired) electrons. The molecule has 1 atom stereocenters. The van der Waals surface area contributed by atoms with Crippen LogP contribution in [0.1, 0.15) is 41.2 Å². The highest BCUT2D eigenvalue weighted by atomic mass is 16.3. The number of aryl methyl sites for hydroxylation is 2. The Balaban J connectivity index is 1.62. The number of phenolic OH excluding ortho intramolecular Hbond substituents is 1. The molecule has 0 aliphatic heterocycles. The number of phenols is 1. The number of aliphatic hydroxyl groups excluding tert-OH is 1. The molecule has 0 spiro atoms. The lowest BCUT2D eigenvalue weighted by molar-refractivity contribution is 0.0917. The van der Waals surface area contributed by atoms with E-state index < -0.39 is 6.10 Å². The Kier molecular flexibility index (Phi) is 4.42. The SMILES string of the molecule is Cc1cc(O)c(CNCC2(C(O)c3ccccc3)CC2)cc1C. The van der Waals surface area contributed by atoms with Gasteiger partial charge in [0.25, 0.3) is 0 Å². The van der Waals surface area contributed by atoms with Gasteiger partial charge in [-0.3, -0.25) is 0 Å². The third-order valence-corrected chi connectivity index (χ3v) is 5.08. The predicted molar refractivity (Wildman–Crippen MR) is 92.4 cm³/mol. The highest BCUT2D eigenvalue weighted by molar-refractivity contribution is 5.40. The van der Waals surface area contributed by atoms with Gasteiger partial charge in [-0.05, 0) is 49.4 Å². The first-order valence-electron chi connectivity index (χ1n) is 8.25. The zero-order chi connectivity index (χ0) is 16.4. The predicted octanol–water partition coefficient (Wildman–Crippen LogP) is 3.61. The first-order chi connectivity index (χ1) is 11.0. The van der Waals surface area contributed by atoms with Gasteiger partial charge < -0.3 is 15.5 Å². The van der Waals surface area contributed by atoms with Crippen molar-refractivity contribution in [3.05, 3.63) is 64.7 Å². The third kappa shape index (κ3) is 3.41. The molecule has 3 rings (SSSR count). The molecule has 3 heteroatoms. The standard InChI is InChI=1S/C20H25NO2/c1-14-10-17(18(22)11-15(14)2)12-21-13-20(8-9-20)19(23)16-6-4-3-5-7-16/h3-7,10-11,19,21-23H,8-9,12-13H2,1-2H3. The molecule has 0 saturated heterocycles. The Labute approximate surface area is 138 Å². The number of benzene rings is 2. The van der Waals surface area contributed by atoms with Gasteiger partial charge in [-0.2, -0.15) is 0 Å². The number of rotatable bonds is 6. The number of hydrogen-bond donors (Lipinski definition) is 3. The van der Waals surface area contributed by atoms with Gasteiger partial charge in [-0.25, -0.2) is 0 Å². The summed E-state index contributed by atoms with van der Waals surface area (Å²) >= 11 is 0. The highest BCUT2D eigenvalue weighted by Gasteiger charge is 2.48. The average Bonchev–Trinajstić information content (AvgIpc) is 3.33. The zero-order valence-electron chi connectivity index (χ0n) is 13.8. The summed E-state index contributed by atoms with van der Waals surface area (Å²) in [5, 5.41) is 24.1. The molecule has 0 amide bonds. The molecule has 2 aromatic carbocycles. The average molecular weight is 311 g/mol. The maximum Gasteiger partial charge on any atom is 0.120 e. The first-order valence-corrected chi connectivity index (χ1v) is 8.25. The van der Waals surface area contributed by atoms with E-state index in [1.807, 2.05) is 49.4 Å².